The molecule has 5 nitrogen and oxygen atoms in total. The Morgan fingerprint density at radius 1 is 0.448 bits per heavy atom. The van der Waals surface area contributed by atoms with Gasteiger partial charge in [0.25, 0.3) is 0 Å². The van der Waals surface area contributed by atoms with Crippen LogP contribution in [0.1, 0.15) is 142 Å². The van der Waals surface area contributed by atoms with Crippen molar-refractivity contribution in [2.24, 2.45) is 0 Å². The molecule has 0 unspecified atom stereocenters. The van der Waals surface area contributed by atoms with E-state index >= 15 is 0 Å². The zero-order valence-corrected chi connectivity index (χ0v) is 19.6. The molecule has 0 heterocycles. The lowest BCUT2D eigenvalue weighted by Gasteiger charge is -2.00. The summed E-state index contributed by atoms with van der Waals surface area (Å²) in [5.74, 6) is -1.32. The first-order valence-corrected chi connectivity index (χ1v) is 12.0. The highest BCUT2D eigenvalue weighted by Gasteiger charge is 1.97. The van der Waals surface area contributed by atoms with Crippen LogP contribution in [0, 0.1) is 0 Å². The second kappa shape index (κ2) is 29.1. The number of carbonyl (C=O) groups is 2. The molecule has 0 radical (unpaired) electrons. The number of hydrogen-bond donors (Lipinski definition) is 3. The summed E-state index contributed by atoms with van der Waals surface area (Å²) in [6.45, 7) is 4.46. The van der Waals surface area contributed by atoms with Crippen molar-refractivity contribution in [1.82, 2.24) is 6.15 Å². The van der Waals surface area contributed by atoms with E-state index in [9.17, 15) is 9.59 Å². The molecule has 0 aliphatic carbocycles. The molecule has 0 amide bonds. The first-order chi connectivity index (χ1) is 13.5. The van der Waals surface area contributed by atoms with Crippen molar-refractivity contribution in [1.29, 1.82) is 0 Å². The van der Waals surface area contributed by atoms with E-state index in [2.05, 4.69) is 13.8 Å². The van der Waals surface area contributed by atoms with Gasteiger partial charge in [-0.05, 0) is 12.8 Å². The molecule has 5 heteroatoms. The smallest absolute Gasteiger partial charge is 0.303 e. The van der Waals surface area contributed by atoms with Crippen LogP contribution in [0.25, 0.3) is 0 Å². The van der Waals surface area contributed by atoms with Gasteiger partial charge < -0.3 is 16.4 Å². The normalized spacial score (nSPS) is 10.0. The minimum Gasteiger partial charge on any atom is -0.481 e. The zero-order chi connectivity index (χ0) is 21.3. The Labute approximate surface area is 180 Å². The Kier molecular flexibility index (Phi) is 32.7. The second-order valence-electron chi connectivity index (χ2n) is 7.94. The van der Waals surface area contributed by atoms with Crippen LogP contribution in [0.2, 0.25) is 0 Å². The third-order valence-corrected chi connectivity index (χ3v) is 4.99. The van der Waals surface area contributed by atoms with E-state index in [0.29, 0.717) is 12.8 Å². The molecule has 5 N–H and O–H groups in total. The molecular weight excluding hydrogens is 366 g/mol. The Morgan fingerprint density at radius 3 is 0.862 bits per heavy atom. The van der Waals surface area contributed by atoms with Crippen LogP contribution in [-0.2, 0) is 9.59 Å². The van der Waals surface area contributed by atoms with E-state index in [0.717, 1.165) is 25.7 Å². The summed E-state index contributed by atoms with van der Waals surface area (Å²) >= 11 is 0. The highest BCUT2D eigenvalue weighted by molar-refractivity contribution is 5.66. The van der Waals surface area contributed by atoms with Crippen molar-refractivity contribution in [2.75, 3.05) is 0 Å². The lowest BCUT2D eigenvalue weighted by Crippen LogP contribution is -1.93. The Morgan fingerprint density at radius 2 is 0.655 bits per heavy atom. The average molecular weight is 418 g/mol. The summed E-state index contributed by atoms with van der Waals surface area (Å²) in [6.07, 6.45) is 23.0. The van der Waals surface area contributed by atoms with Crippen LogP contribution in [0.4, 0.5) is 0 Å². The van der Waals surface area contributed by atoms with Crippen LogP contribution >= 0.6 is 0 Å². The SMILES string of the molecule is CCCCCCCCCCCC(=O)O.CCCCCCCCCCCC(=O)O.N. The minimum atomic E-state index is -0.659. The fourth-order valence-electron chi connectivity index (χ4n) is 3.17. The van der Waals surface area contributed by atoms with Gasteiger partial charge in [0, 0.05) is 12.8 Å². The van der Waals surface area contributed by atoms with E-state index in [1.165, 1.54) is 89.9 Å². The molecule has 29 heavy (non-hydrogen) atoms. The van der Waals surface area contributed by atoms with Crippen molar-refractivity contribution >= 4 is 11.9 Å². The minimum absolute atomic E-state index is 0. The van der Waals surface area contributed by atoms with Gasteiger partial charge in [0.15, 0.2) is 0 Å². The summed E-state index contributed by atoms with van der Waals surface area (Å²) in [4.78, 5) is 20.4. The predicted molar refractivity (Wildman–Crippen MR) is 124 cm³/mol. The molecule has 0 saturated carbocycles. The van der Waals surface area contributed by atoms with Gasteiger partial charge in [-0.1, -0.05) is 117 Å². The molecule has 0 aromatic heterocycles. The van der Waals surface area contributed by atoms with Gasteiger partial charge in [0.1, 0.15) is 0 Å². The number of aliphatic carboxylic acids is 2. The molecule has 0 atom stereocenters. The van der Waals surface area contributed by atoms with E-state index < -0.39 is 11.9 Å². The van der Waals surface area contributed by atoms with Gasteiger partial charge in [0.05, 0.1) is 0 Å². The van der Waals surface area contributed by atoms with Crippen molar-refractivity contribution in [3.8, 4) is 0 Å². The van der Waals surface area contributed by atoms with Crippen molar-refractivity contribution in [3.05, 3.63) is 0 Å². The highest BCUT2D eigenvalue weighted by atomic mass is 16.4. The summed E-state index contributed by atoms with van der Waals surface area (Å²) < 4.78 is 0. The van der Waals surface area contributed by atoms with Gasteiger partial charge in [-0.2, -0.15) is 0 Å². The predicted octanol–water partition coefficient (Wildman–Crippen LogP) is 8.15. The zero-order valence-electron chi connectivity index (χ0n) is 19.6. The molecule has 0 bridgehead atoms. The number of carboxylic acid groups (broad SMARTS) is 2. The highest BCUT2D eigenvalue weighted by Crippen LogP contribution is 2.11. The van der Waals surface area contributed by atoms with Crippen LogP contribution in [0.5, 0.6) is 0 Å². The number of unbranched alkanes of at least 4 members (excludes halogenated alkanes) is 16. The van der Waals surface area contributed by atoms with Crippen LogP contribution < -0.4 is 6.15 Å². The standard InChI is InChI=1S/2C12H24O2.H3N/c2*1-2-3-4-5-6-7-8-9-10-11-12(13)14;/h2*2-11H2,1H3,(H,13,14);1H3. The molecule has 0 aliphatic rings. The Bertz CT molecular complexity index is 303. The van der Waals surface area contributed by atoms with Gasteiger partial charge >= 0.3 is 11.9 Å². The third kappa shape index (κ3) is 38.2. The van der Waals surface area contributed by atoms with Crippen molar-refractivity contribution in [2.45, 2.75) is 142 Å². The van der Waals surface area contributed by atoms with Crippen LogP contribution in [0.15, 0.2) is 0 Å². The lowest BCUT2D eigenvalue weighted by atomic mass is 10.1. The number of carboxylic acids is 2. The lowest BCUT2D eigenvalue weighted by molar-refractivity contribution is -0.138. The fraction of sp³-hybridized carbons (Fsp3) is 0.917. The second-order valence-corrected chi connectivity index (χ2v) is 7.94. The number of hydrogen-bond acceptors (Lipinski definition) is 3. The molecule has 0 aromatic rings. The largest absolute Gasteiger partial charge is 0.481 e. The van der Waals surface area contributed by atoms with E-state index in [-0.39, 0.29) is 6.15 Å². The van der Waals surface area contributed by atoms with E-state index in [4.69, 9.17) is 10.2 Å². The Hall–Kier alpha value is -1.10. The van der Waals surface area contributed by atoms with Gasteiger partial charge in [0.2, 0.25) is 0 Å². The maximum atomic E-state index is 10.2. The monoisotopic (exact) mass is 417 g/mol. The van der Waals surface area contributed by atoms with Gasteiger partial charge in [-0.3, -0.25) is 9.59 Å². The Balaban J connectivity index is -0.000000451. The first kappa shape index (κ1) is 32.6. The van der Waals surface area contributed by atoms with Crippen molar-refractivity contribution in [3.63, 3.8) is 0 Å². The van der Waals surface area contributed by atoms with Crippen LogP contribution in [-0.4, -0.2) is 22.2 Å². The topological polar surface area (TPSA) is 110 Å². The molecule has 0 aromatic carbocycles. The maximum absolute atomic E-state index is 10.2. The van der Waals surface area contributed by atoms with Crippen molar-refractivity contribution < 1.29 is 19.8 Å². The van der Waals surface area contributed by atoms with Gasteiger partial charge in [-0.25, -0.2) is 0 Å². The summed E-state index contributed by atoms with van der Waals surface area (Å²) in [7, 11) is 0. The first-order valence-electron chi connectivity index (χ1n) is 12.0. The average Bonchev–Trinajstić information content (AvgIpc) is 2.65. The number of rotatable bonds is 20. The fourth-order valence-corrected chi connectivity index (χ4v) is 3.17. The van der Waals surface area contributed by atoms with Crippen LogP contribution in [0.3, 0.4) is 0 Å². The molecular formula is C24H51NO4. The summed E-state index contributed by atoms with van der Waals surface area (Å²) in [6, 6.07) is 0. The molecule has 0 rings (SSSR count). The molecule has 176 valence electrons. The quantitative estimate of drug-likeness (QED) is 0.173. The summed E-state index contributed by atoms with van der Waals surface area (Å²) in [5.41, 5.74) is 0. The van der Waals surface area contributed by atoms with E-state index in [1.807, 2.05) is 0 Å². The van der Waals surface area contributed by atoms with E-state index in [1.54, 1.807) is 0 Å². The molecule has 0 fully saturated rings. The van der Waals surface area contributed by atoms with Gasteiger partial charge in [-0.15, -0.1) is 0 Å². The molecule has 0 aliphatic heterocycles. The third-order valence-electron chi connectivity index (χ3n) is 4.99. The molecule has 0 spiro atoms. The summed E-state index contributed by atoms with van der Waals surface area (Å²) in [5, 5.41) is 16.8. The maximum Gasteiger partial charge on any atom is 0.303 e. The molecule has 0 saturated heterocycles.